The van der Waals surface area contributed by atoms with Crippen LogP contribution in [0.4, 0.5) is 0 Å². The molecule has 2 aromatic carbocycles. The Hall–Kier alpha value is -2.33. The summed E-state index contributed by atoms with van der Waals surface area (Å²) in [5.74, 6) is 0.0793. The summed E-state index contributed by atoms with van der Waals surface area (Å²) in [5.41, 5.74) is 2.35. The number of thiazole rings is 1. The van der Waals surface area contributed by atoms with Gasteiger partial charge < -0.3 is 10.2 Å². The molecule has 0 amide bonds. The number of benzene rings is 2. The normalized spacial score (nSPS) is 11.5. The van der Waals surface area contributed by atoms with Gasteiger partial charge in [0.1, 0.15) is 16.5 Å². The molecule has 0 aliphatic heterocycles. The van der Waals surface area contributed by atoms with Gasteiger partial charge in [-0.15, -0.1) is 11.3 Å². The first-order valence-electron chi connectivity index (χ1n) is 7.02. The fourth-order valence-electron chi connectivity index (χ4n) is 2.40. The molecule has 0 saturated heterocycles. The van der Waals surface area contributed by atoms with Crippen molar-refractivity contribution in [1.29, 1.82) is 0 Å². The Labute approximate surface area is 133 Å². The molecule has 22 heavy (non-hydrogen) atoms. The summed E-state index contributed by atoms with van der Waals surface area (Å²) in [6.07, 6.45) is 0. The molecule has 1 aromatic heterocycles. The summed E-state index contributed by atoms with van der Waals surface area (Å²) >= 11 is 1.57. The summed E-state index contributed by atoms with van der Waals surface area (Å²) in [4.78, 5) is 4.70. The third-order valence-electron chi connectivity index (χ3n) is 3.79. The number of phenols is 2. The molecular formula is C18H17NO2S. The third-order valence-corrected chi connectivity index (χ3v) is 4.96. The zero-order valence-electron chi connectivity index (χ0n) is 12.4. The van der Waals surface area contributed by atoms with Gasteiger partial charge in [-0.3, -0.25) is 0 Å². The highest BCUT2D eigenvalue weighted by Gasteiger charge is 2.27. The zero-order chi connectivity index (χ0) is 15.7. The standard InChI is InChI=1S/C18H17NO2S/c1-18(2,12-6-4-3-5-7-12)17-19-15(11-22-17)14-9-8-13(20)10-16(14)21/h3-11,20-21H,1-2H3. The molecule has 3 rings (SSSR count). The smallest absolute Gasteiger partial charge is 0.128 e. The molecule has 0 radical (unpaired) electrons. The van der Waals surface area contributed by atoms with E-state index in [-0.39, 0.29) is 16.9 Å². The van der Waals surface area contributed by atoms with E-state index >= 15 is 0 Å². The van der Waals surface area contributed by atoms with Crippen molar-refractivity contribution < 1.29 is 10.2 Å². The van der Waals surface area contributed by atoms with Crippen molar-refractivity contribution in [3.63, 3.8) is 0 Å². The summed E-state index contributed by atoms with van der Waals surface area (Å²) in [6.45, 7) is 4.28. The van der Waals surface area contributed by atoms with Crippen LogP contribution in [0.15, 0.2) is 53.9 Å². The Morgan fingerprint density at radius 2 is 1.73 bits per heavy atom. The highest BCUT2D eigenvalue weighted by molar-refractivity contribution is 7.10. The van der Waals surface area contributed by atoms with Crippen LogP contribution in [0.3, 0.4) is 0 Å². The lowest BCUT2D eigenvalue weighted by molar-refractivity contribution is 0.451. The fourth-order valence-corrected chi connectivity index (χ4v) is 3.37. The van der Waals surface area contributed by atoms with E-state index in [1.54, 1.807) is 23.5 Å². The van der Waals surface area contributed by atoms with Crippen LogP contribution < -0.4 is 0 Å². The Balaban J connectivity index is 2.00. The van der Waals surface area contributed by atoms with E-state index in [1.165, 1.54) is 11.6 Å². The van der Waals surface area contributed by atoms with Crippen molar-refractivity contribution in [3.8, 4) is 22.8 Å². The molecule has 3 nitrogen and oxygen atoms in total. The molecule has 0 bridgehead atoms. The molecular weight excluding hydrogens is 294 g/mol. The highest BCUT2D eigenvalue weighted by atomic mass is 32.1. The lowest BCUT2D eigenvalue weighted by atomic mass is 9.85. The van der Waals surface area contributed by atoms with Crippen molar-refractivity contribution in [3.05, 3.63) is 64.5 Å². The molecule has 4 heteroatoms. The Morgan fingerprint density at radius 1 is 1.00 bits per heavy atom. The van der Waals surface area contributed by atoms with E-state index in [9.17, 15) is 10.2 Å². The predicted octanol–water partition coefficient (Wildman–Crippen LogP) is 4.55. The molecule has 1 heterocycles. The molecule has 0 fully saturated rings. The Morgan fingerprint density at radius 3 is 2.41 bits per heavy atom. The second kappa shape index (κ2) is 5.46. The van der Waals surface area contributed by atoms with E-state index in [2.05, 4.69) is 26.0 Å². The van der Waals surface area contributed by atoms with Crippen LogP contribution >= 0.6 is 11.3 Å². The van der Waals surface area contributed by atoms with Crippen LogP contribution in [0.25, 0.3) is 11.3 Å². The lowest BCUT2D eigenvalue weighted by Gasteiger charge is -2.22. The van der Waals surface area contributed by atoms with Crippen molar-refractivity contribution in [2.45, 2.75) is 19.3 Å². The van der Waals surface area contributed by atoms with Gasteiger partial charge in [-0.1, -0.05) is 30.3 Å². The minimum absolute atomic E-state index is 0.0365. The average Bonchev–Trinajstić information content (AvgIpc) is 2.98. The Kier molecular flexibility index (Phi) is 3.62. The summed E-state index contributed by atoms with van der Waals surface area (Å²) < 4.78 is 0. The molecule has 112 valence electrons. The molecule has 2 N–H and O–H groups in total. The molecule has 0 aliphatic rings. The van der Waals surface area contributed by atoms with Crippen LogP contribution in [-0.4, -0.2) is 15.2 Å². The minimum Gasteiger partial charge on any atom is -0.508 e. The first kappa shape index (κ1) is 14.6. The average molecular weight is 311 g/mol. The molecule has 0 aliphatic carbocycles. The number of aromatic nitrogens is 1. The van der Waals surface area contributed by atoms with Crippen LogP contribution in [-0.2, 0) is 5.41 Å². The second-order valence-corrected chi connectivity index (χ2v) is 6.59. The van der Waals surface area contributed by atoms with E-state index in [4.69, 9.17) is 4.98 Å². The zero-order valence-corrected chi connectivity index (χ0v) is 13.3. The van der Waals surface area contributed by atoms with Gasteiger partial charge in [0.25, 0.3) is 0 Å². The van der Waals surface area contributed by atoms with Gasteiger partial charge in [0.2, 0.25) is 0 Å². The van der Waals surface area contributed by atoms with Crippen LogP contribution in [0.1, 0.15) is 24.4 Å². The first-order valence-corrected chi connectivity index (χ1v) is 7.90. The van der Waals surface area contributed by atoms with Gasteiger partial charge in [-0.2, -0.15) is 0 Å². The monoisotopic (exact) mass is 311 g/mol. The van der Waals surface area contributed by atoms with Gasteiger partial charge in [0.15, 0.2) is 0 Å². The topological polar surface area (TPSA) is 53.4 Å². The largest absolute Gasteiger partial charge is 0.508 e. The maximum absolute atomic E-state index is 9.98. The maximum Gasteiger partial charge on any atom is 0.128 e. The number of hydrogen-bond donors (Lipinski definition) is 2. The SMILES string of the molecule is CC(C)(c1ccccc1)c1nc(-c2ccc(O)cc2O)cs1. The molecule has 0 atom stereocenters. The highest BCUT2D eigenvalue weighted by Crippen LogP contribution is 2.38. The lowest BCUT2D eigenvalue weighted by Crippen LogP contribution is -2.18. The van der Waals surface area contributed by atoms with Crippen molar-refractivity contribution in [2.24, 2.45) is 0 Å². The van der Waals surface area contributed by atoms with Gasteiger partial charge in [-0.25, -0.2) is 4.98 Å². The predicted molar refractivity (Wildman–Crippen MR) is 89.4 cm³/mol. The fraction of sp³-hybridized carbons (Fsp3) is 0.167. The number of hydrogen-bond acceptors (Lipinski definition) is 4. The second-order valence-electron chi connectivity index (χ2n) is 5.73. The van der Waals surface area contributed by atoms with Crippen LogP contribution in [0.2, 0.25) is 0 Å². The Bertz CT molecular complexity index is 794. The van der Waals surface area contributed by atoms with Gasteiger partial charge in [0.05, 0.1) is 5.69 Å². The number of rotatable bonds is 3. The molecule has 0 unspecified atom stereocenters. The van der Waals surface area contributed by atoms with Crippen molar-refractivity contribution in [1.82, 2.24) is 4.98 Å². The maximum atomic E-state index is 9.98. The van der Waals surface area contributed by atoms with E-state index in [0.717, 1.165) is 10.7 Å². The molecule has 0 spiro atoms. The number of nitrogens with zero attached hydrogens (tertiary/aromatic N) is 1. The summed E-state index contributed by atoms with van der Waals surface area (Å²) in [5, 5.41) is 22.3. The van der Waals surface area contributed by atoms with E-state index in [1.807, 2.05) is 23.6 Å². The first-order chi connectivity index (χ1) is 10.5. The van der Waals surface area contributed by atoms with Crippen molar-refractivity contribution >= 4 is 11.3 Å². The van der Waals surface area contributed by atoms with E-state index in [0.29, 0.717) is 5.56 Å². The molecule has 3 aromatic rings. The number of aromatic hydroxyl groups is 2. The van der Waals surface area contributed by atoms with Gasteiger partial charge in [-0.05, 0) is 31.5 Å². The van der Waals surface area contributed by atoms with Crippen molar-refractivity contribution in [2.75, 3.05) is 0 Å². The van der Waals surface area contributed by atoms with E-state index < -0.39 is 0 Å². The molecule has 0 saturated carbocycles. The van der Waals surface area contributed by atoms with Crippen LogP contribution in [0, 0.1) is 0 Å². The summed E-state index contributed by atoms with van der Waals surface area (Å²) in [6, 6.07) is 14.8. The van der Waals surface area contributed by atoms with Gasteiger partial charge >= 0.3 is 0 Å². The quantitative estimate of drug-likeness (QED) is 0.746. The van der Waals surface area contributed by atoms with Gasteiger partial charge in [0, 0.05) is 22.4 Å². The minimum atomic E-state index is -0.198. The number of phenolic OH excluding ortho intramolecular Hbond substituents is 2. The third kappa shape index (κ3) is 2.57. The summed E-state index contributed by atoms with van der Waals surface area (Å²) in [7, 11) is 0. The van der Waals surface area contributed by atoms with Crippen LogP contribution in [0.5, 0.6) is 11.5 Å².